The third kappa shape index (κ3) is 3.53. The van der Waals surface area contributed by atoms with E-state index in [9.17, 15) is 18.0 Å². The lowest BCUT2D eigenvalue weighted by atomic mass is 10.1. The predicted octanol–water partition coefficient (Wildman–Crippen LogP) is 5.61. The highest BCUT2D eigenvalue weighted by atomic mass is 32.1. The van der Waals surface area contributed by atoms with Gasteiger partial charge in [-0.1, -0.05) is 29.4 Å². The molecule has 0 saturated heterocycles. The van der Waals surface area contributed by atoms with Crippen LogP contribution < -0.4 is 5.56 Å². The second-order valence-electron chi connectivity index (χ2n) is 6.97. The van der Waals surface area contributed by atoms with Gasteiger partial charge in [-0.15, -0.1) is 22.7 Å². The largest absolute Gasteiger partial charge is 0.416 e. The number of benzene rings is 1. The summed E-state index contributed by atoms with van der Waals surface area (Å²) in [5.74, 6) is 0.711. The standard InChI is InChI=1S/C21H13F3N4O2S2/c1-11-15-19(32-16(11)18-26-17(27-30-18)14-7-4-8-31-14)25-10-28(20(15)29)9-12-5-2-3-6-13(12)21(22,23)24/h2-8,10H,9H2,1H3. The van der Waals surface area contributed by atoms with Crippen molar-refractivity contribution in [3.8, 4) is 21.5 Å². The van der Waals surface area contributed by atoms with Gasteiger partial charge in [-0.3, -0.25) is 9.36 Å². The monoisotopic (exact) mass is 474 g/mol. The van der Waals surface area contributed by atoms with Gasteiger partial charge in [0.2, 0.25) is 5.82 Å². The SMILES string of the molecule is Cc1c(-c2nc(-c3cccs3)no2)sc2ncn(Cc3ccccc3C(F)(F)F)c(=O)c12. The van der Waals surface area contributed by atoms with Crippen LogP contribution >= 0.6 is 22.7 Å². The summed E-state index contributed by atoms with van der Waals surface area (Å²) < 4.78 is 46.6. The Morgan fingerprint density at radius 1 is 1.16 bits per heavy atom. The van der Waals surface area contributed by atoms with E-state index < -0.39 is 17.3 Å². The maximum absolute atomic E-state index is 13.3. The molecular weight excluding hydrogens is 461 g/mol. The van der Waals surface area contributed by atoms with Crippen molar-refractivity contribution >= 4 is 32.9 Å². The zero-order chi connectivity index (χ0) is 22.5. The lowest BCUT2D eigenvalue weighted by Crippen LogP contribution is -2.22. The first-order valence-electron chi connectivity index (χ1n) is 9.34. The molecule has 5 aromatic rings. The number of rotatable bonds is 4. The Bertz CT molecular complexity index is 1480. The number of fused-ring (bicyclic) bond motifs is 1. The first kappa shape index (κ1) is 20.6. The zero-order valence-electron chi connectivity index (χ0n) is 16.4. The summed E-state index contributed by atoms with van der Waals surface area (Å²) >= 11 is 2.70. The molecule has 4 aromatic heterocycles. The average Bonchev–Trinajstić information content (AvgIpc) is 3.49. The van der Waals surface area contributed by atoms with E-state index in [4.69, 9.17) is 4.52 Å². The van der Waals surface area contributed by atoms with Crippen LogP contribution in [0.1, 0.15) is 16.7 Å². The van der Waals surface area contributed by atoms with Crippen molar-refractivity contribution in [3.63, 3.8) is 0 Å². The van der Waals surface area contributed by atoms with Gasteiger partial charge in [-0.25, -0.2) is 4.98 Å². The lowest BCUT2D eigenvalue weighted by molar-refractivity contribution is -0.138. The van der Waals surface area contributed by atoms with Gasteiger partial charge < -0.3 is 4.52 Å². The van der Waals surface area contributed by atoms with Crippen LogP contribution in [0, 0.1) is 6.92 Å². The molecule has 0 amide bonds. The third-order valence-electron chi connectivity index (χ3n) is 4.94. The fraction of sp³-hybridized carbons (Fsp3) is 0.143. The van der Waals surface area contributed by atoms with Crippen LogP contribution in [0.2, 0.25) is 0 Å². The molecule has 0 aliphatic heterocycles. The molecule has 0 saturated carbocycles. The maximum Gasteiger partial charge on any atom is 0.416 e. The van der Waals surface area contributed by atoms with E-state index in [1.807, 2.05) is 17.5 Å². The molecule has 0 fully saturated rings. The number of aromatic nitrogens is 4. The highest BCUT2D eigenvalue weighted by Gasteiger charge is 2.33. The van der Waals surface area contributed by atoms with Crippen LogP contribution in [-0.4, -0.2) is 19.7 Å². The van der Waals surface area contributed by atoms with Crippen molar-refractivity contribution in [3.05, 3.63) is 75.1 Å². The predicted molar refractivity (Wildman–Crippen MR) is 116 cm³/mol. The molecule has 0 atom stereocenters. The van der Waals surface area contributed by atoms with Crippen LogP contribution in [0.15, 0.2) is 57.4 Å². The molecule has 0 spiro atoms. The number of hydrogen-bond acceptors (Lipinski definition) is 7. The van der Waals surface area contributed by atoms with Gasteiger partial charge in [0.1, 0.15) is 4.83 Å². The molecule has 32 heavy (non-hydrogen) atoms. The summed E-state index contributed by atoms with van der Waals surface area (Å²) in [5.41, 5.74) is -0.608. The van der Waals surface area contributed by atoms with Crippen LogP contribution in [0.4, 0.5) is 13.2 Å². The Morgan fingerprint density at radius 3 is 2.72 bits per heavy atom. The molecule has 0 N–H and O–H groups in total. The molecule has 0 unspecified atom stereocenters. The number of thiophene rings is 2. The fourth-order valence-corrected chi connectivity index (χ4v) is 5.13. The van der Waals surface area contributed by atoms with Crippen molar-refractivity contribution < 1.29 is 17.7 Å². The molecule has 4 heterocycles. The average molecular weight is 474 g/mol. The van der Waals surface area contributed by atoms with E-state index in [2.05, 4.69) is 15.1 Å². The van der Waals surface area contributed by atoms with Crippen molar-refractivity contribution in [2.75, 3.05) is 0 Å². The quantitative estimate of drug-likeness (QED) is 0.338. The summed E-state index contributed by atoms with van der Waals surface area (Å²) in [6.07, 6.45) is -3.25. The minimum atomic E-state index is -4.51. The number of hydrogen-bond donors (Lipinski definition) is 0. The van der Waals surface area contributed by atoms with E-state index >= 15 is 0 Å². The fourth-order valence-electron chi connectivity index (χ4n) is 3.42. The molecular formula is C21H13F3N4O2S2. The van der Waals surface area contributed by atoms with Crippen molar-refractivity contribution in [2.45, 2.75) is 19.6 Å². The van der Waals surface area contributed by atoms with Gasteiger partial charge in [0.15, 0.2) is 0 Å². The van der Waals surface area contributed by atoms with Gasteiger partial charge in [-0.05, 0) is 35.6 Å². The molecule has 11 heteroatoms. The molecule has 0 aliphatic carbocycles. The summed E-state index contributed by atoms with van der Waals surface area (Å²) in [4.78, 5) is 23.8. The highest BCUT2D eigenvalue weighted by molar-refractivity contribution is 7.22. The van der Waals surface area contributed by atoms with Gasteiger partial charge in [-0.2, -0.15) is 18.2 Å². The van der Waals surface area contributed by atoms with E-state index in [1.165, 1.54) is 51.8 Å². The molecule has 5 rings (SSSR count). The van der Waals surface area contributed by atoms with Crippen molar-refractivity contribution in [1.82, 2.24) is 19.7 Å². The molecule has 0 radical (unpaired) electrons. The number of aryl methyl sites for hydroxylation is 1. The third-order valence-corrected chi connectivity index (χ3v) is 7.00. The Kier molecular flexibility index (Phi) is 4.94. The number of alkyl halides is 3. The minimum absolute atomic E-state index is 0.00570. The smallest absolute Gasteiger partial charge is 0.333 e. The number of halogens is 3. The maximum atomic E-state index is 13.3. The zero-order valence-corrected chi connectivity index (χ0v) is 18.0. The normalized spacial score (nSPS) is 12.0. The second-order valence-corrected chi connectivity index (χ2v) is 8.92. The summed E-state index contributed by atoms with van der Waals surface area (Å²) in [6.45, 7) is 1.49. The van der Waals surface area contributed by atoms with Crippen LogP contribution in [0.25, 0.3) is 31.7 Å². The van der Waals surface area contributed by atoms with Crippen LogP contribution in [-0.2, 0) is 12.7 Å². The van der Waals surface area contributed by atoms with Gasteiger partial charge in [0.25, 0.3) is 11.4 Å². The topological polar surface area (TPSA) is 73.8 Å². The van der Waals surface area contributed by atoms with Crippen molar-refractivity contribution in [2.24, 2.45) is 0 Å². The first-order chi connectivity index (χ1) is 15.3. The van der Waals surface area contributed by atoms with Crippen LogP contribution in [0.5, 0.6) is 0 Å². The van der Waals surface area contributed by atoms with E-state index in [-0.39, 0.29) is 18.0 Å². The Morgan fingerprint density at radius 2 is 1.97 bits per heavy atom. The summed E-state index contributed by atoms with van der Waals surface area (Å²) in [5, 5.41) is 6.22. The van der Waals surface area contributed by atoms with E-state index in [0.717, 1.165) is 10.9 Å². The first-order valence-corrected chi connectivity index (χ1v) is 11.0. The lowest BCUT2D eigenvalue weighted by Gasteiger charge is -2.13. The van der Waals surface area contributed by atoms with Gasteiger partial charge in [0, 0.05) is 0 Å². The highest BCUT2D eigenvalue weighted by Crippen LogP contribution is 2.36. The van der Waals surface area contributed by atoms with E-state index in [1.54, 1.807) is 6.92 Å². The van der Waals surface area contributed by atoms with Crippen LogP contribution in [0.3, 0.4) is 0 Å². The molecule has 0 bridgehead atoms. The Hall–Kier alpha value is -3.31. The van der Waals surface area contributed by atoms with Crippen molar-refractivity contribution in [1.29, 1.82) is 0 Å². The summed E-state index contributed by atoms with van der Waals surface area (Å²) in [7, 11) is 0. The van der Waals surface area contributed by atoms with E-state index in [0.29, 0.717) is 26.5 Å². The van der Waals surface area contributed by atoms with Gasteiger partial charge in [0.05, 0.1) is 33.6 Å². The van der Waals surface area contributed by atoms with Gasteiger partial charge >= 0.3 is 6.18 Å². The molecule has 6 nitrogen and oxygen atoms in total. The molecule has 0 aliphatic rings. The second kappa shape index (κ2) is 7.68. The minimum Gasteiger partial charge on any atom is -0.333 e. The molecule has 162 valence electrons. The molecule has 1 aromatic carbocycles. The Labute approximate surface area is 186 Å². The summed E-state index contributed by atoms with van der Waals surface area (Å²) in [6, 6.07) is 8.94. The number of nitrogens with zero attached hydrogens (tertiary/aromatic N) is 4. The Balaban J connectivity index is 1.56.